The lowest BCUT2D eigenvalue weighted by molar-refractivity contribution is -0.123. The smallest absolute Gasteiger partial charge is 0.220 e. The van der Waals surface area contributed by atoms with Crippen molar-refractivity contribution in [2.24, 2.45) is 0 Å². The zero-order chi connectivity index (χ0) is 44.9. The molecule has 4 nitrogen and oxygen atoms in total. The number of unbranched alkanes of at least 4 members (excludes halogenated alkanes) is 14. The number of amides is 1. The second-order valence-corrected chi connectivity index (χ2v) is 16.1. The van der Waals surface area contributed by atoms with Crippen molar-refractivity contribution < 1.29 is 15.0 Å². The van der Waals surface area contributed by atoms with Crippen LogP contribution >= 0.6 is 0 Å². The molecule has 0 heterocycles. The molecule has 0 saturated carbocycles. The summed E-state index contributed by atoms with van der Waals surface area (Å²) in [5, 5.41) is 23.0. The van der Waals surface area contributed by atoms with Crippen molar-refractivity contribution >= 4 is 5.91 Å². The summed E-state index contributed by atoms with van der Waals surface area (Å²) in [4.78, 5) is 12.4. The summed E-state index contributed by atoms with van der Waals surface area (Å²) in [5.74, 6) is -0.104. The van der Waals surface area contributed by atoms with Gasteiger partial charge in [-0.2, -0.15) is 0 Å². The van der Waals surface area contributed by atoms with Crippen LogP contribution in [0.3, 0.4) is 0 Å². The highest BCUT2D eigenvalue weighted by atomic mass is 16.3. The molecule has 2 atom stereocenters. The van der Waals surface area contributed by atoms with E-state index in [9.17, 15) is 15.0 Å². The highest BCUT2D eigenvalue weighted by Gasteiger charge is 2.17. The molecule has 1 amide bonds. The standard InChI is InChI=1S/C58H93NO3/c1-3-5-7-9-11-13-15-17-18-19-20-21-22-23-24-25-26-27-28-29-30-31-32-33-34-35-36-37-38-39-40-42-44-46-48-50-52-54-58(62)59-56(55-60)57(61)53-51-49-47-45-43-41-16-14-12-10-8-6-4-2/h5,7,11,13,17-18,20-21,23-24,26-27,29-30,32-33,35-36,38-39,42,44,51,53,56-57,60-61H,3-4,6,8-10,12,14-16,19,22,25,28,31,34,37,40-41,43,45-50,52,54-55H2,1-2H3,(H,59,62)/b7-5-,13-11-,18-17-,21-20-,24-23-,27-26-,30-29-,33-32-,36-35-,39-38-,44-42-,53-51+. The minimum absolute atomic E-state index is 0.104. The van der Waals surface area contributed by atoms with Crippen LogP contribution in [0.4, 0.5) is 0 Å². The van der Waals surface area contributed by atoms with Gasteiger partial charge in [0.2, 0.25) is 5.91 Å². The molecular formula is C58H93NO3. The zero-order valence-corrected chi connectivity index (χ0v) is 39.8. The number of nitrogens with one attached hydrogen (secondary N) is 1. The van der Waals surface area contributed by atoms with Crippen molar-refractivity contribution in [2.75, 3.05) is 6.61 Å². The third kappa shape index (κ3) is 47.3. The van der Waals surface area contributed by atoms with Gasteiger partial charge in [-0.15, -0.1) is 0 Å². The van der Waals surface area contributed by atoms with Gasteiger partial charge in [-0.25, -0.2) is 0 Å². The molecule has 3 N–H and O–H groups in total. The van der Waals surface area contributed by atoms with E-state index >= 15 is 0 Å². The van der Waals surface area contributed by atoms with E-state index in [1.807, 2.05) is 6.08 Å². The van der Waals surface area contributed by atoms with Gasteiger partial charge in [0, 0.05) is 6.42 Å². The second kappa shape index (κ2) is 51.6. The molecule has 0 saturated heterocycles. The Hall–Kier alpha value is -3.73. The van der Waals surface area contributed by atoms with Crippen LogP contribution in [0.25, 0.3) is 0 Å². The highest BCUT2D eigenvalue weighted by Crippen LogP contribution is 2.13. The van der Waals surface area contributed by atoms with Gasteiger partial charge < -0.3 is 15.5 Å². The van der Waals surface area contributed by atoms with Crippen LogP contribution in [-0.4, -0.2) is 34.9 Å². The molecule has 0 spiro atoms. The molecule has 0 radical (unpaired) electrons. The quantitative estimate of drug-likeness (QED) is 0.0423. The normalized spacial score (nSPS) is 14.2. The summed E-state index contributed by atoms with van der Waals surface area (Å²) in [5.41, 5.74) is 0. The van der Waals surface area contributed by atoms with E-state index in [2.05, 4.69) is 153 Å². The molecule has 0 aliphatic rings. The number of aliphatic hydroxyl groups excluding tert-OH is 2. The average molecular weight is 852 g/mol. The topological polar surface area (TPSA) is 69.6 Å². The Morgan fingerprint density at radius 1 is 0.403 bits per heavy atom. The molecule has 0 aromatic carbocycles. The molecule has 348 valence electrons. The van der Waals surface area contributed by atoms with E-state index < -0.39 is 12.1 Å². The van der Waals surface area contributed by atoms with Crippen LogP contribution in [0.1, 0.15) is 194 Å². The molecule has 0 aliphatic heterocycles. The van der Waals surface area contributed by atoms with Gasteiger partial charge in [-0.3, -0.25) is 4.79 Å². The maximum atomic E-state index is 12.4. The zero-order valence-electron chi connectivity index (χ0n) is 39.8. The molecule has 0 fully saturated rings. The number of hydrogen-bond donors (Lipinski definition) is 3. The van der Waals surface area contributed by atoms with E-state index in [1.165, 1.54) is 64.2 Å². The van der Waals surface area contributed by atoms with Crippen LogP contribution in [0.2, 0.25) is 0 Å². The predicted octanol–water partition coefficient (Wildman–Crippen LogP) is 16.5. The first-order chi connectivity index (χ1) is 30.7. The molecule has 0 aromatic rings. The predicted molar refractivity (Wildman–Crippen MR) is 275 cm³/mol. The highest BCUT2D eigenvalue weighted by molar-refractivity contribution is 5.76. The van der Waals surface area contributed by atoms with Crippen LogP contribution < -0.4 is 5.32 Å². The maximum Gasteiger partial charge on any atom is 0.220 e. The van der Waals surface area contributed by atoms with E-state index in [1.54, 1.807) is 6.08 Å². The summed E-state index contributed by atoms with van der Waals surface area (Å²) < 4.78 is 0. The van der Waals surface area contributed by atoms with Crippen molar-refractivity contribution in [1.82, 2.24) is 5.32 Å². The Labute approximate surface area is 383 Å². The van der Waals surface area contributed by atoms with Crippen molar-refractivity contribution in [3.05, 3.63) is 146 Å². The Morgan fingerprint density at radius 2 is 0.710 bits per heavy atom. The Kier molecular flexibility index (Phi) is 48.5. The Balaban J connectivity index is 3.74. The average Bonchev–Trinajstić information content (AvgIpc) is 3.28. The molecule has 0 aromatic heterocycles. The van der Waals surface area contributed by atoms with Gasteiger partial charge in [0.15, 0.2) is 0 Å². The van der Waals surface area contributed by atoms with E-state index in [-0.39, 0.29) is 12.5 Å². The number of carbonyl (C=O) groups excluding carboxylic acids is 1. The van der Waals surface area contributed by atoms with E-state index in [4.69, 9.17) is 0 Å². The SMILES string of the molecule is CC/C=C\C/C=C\C/C=C\C/C=C\C/C=C\C/C=C\C/C=C\C/C=C\C/C=C\C/C=C\C/C=C\CCCCCC(=O)NC(CO)C(O)/C=C/CCCCCCCCCCCCC. The molecule has 0 rings (SSSR count). The second-order valence-electron chi connectivity index (χ2n) is 16.1. The first-order valence-corrected chi connectivity index (χ1v) is 25.0. The van der Waals surface area contributed by atoms with Gasteiger partial charge >= 0.3 is 0 Å². The van der Waals surface area contributed by atoms with Gasteiger partial charge in [-0.1, -0.05) is 230 Å². The number of rotatable bonds is 43. The monoisotopic (exact) mass is 852 g/mol. The van der Waals surface area contributed by atoms with E-state index in [0.717, 1.165) is 109 Å². The molecule has 62 heavy (non-hydrogen) atoms. The lowest BCUT2D eigenvalue weighted by atomic mass is 10.0. The van der Waals surface area contributed by atoms with E-state index in [0.29, 0.717) is 6.42 Å². The largest absolute Gasteiger partial charge is 0.394 e. The Bertz CT molecular complexity index is 1330. The minimum Gasteiger partial charge on any atom is -0.394 e. The van der Waals surface area contributed by atoms with Gasteiger partial charge in [0.05, 0.1) is 18.8 Å². The lowest BCUT2D eigenvalue weighted by Crippen LogP contribution is -2.45. The lowest BCUT2D eigenvalue weighted by Gasteiger charge is -2.19. The van der Waals surface area contributed by atoms with Crippen LogP contribution in [-0.2, 0) is 4.79 Å². The fourth-order valence-corrected chi connectivity index (χ4v) is 6.53. The number of carbonyl (C=O) groups is 1. The summed E-state index contributed by atoms with van der Waals surface area (Å²) >= 11 is 0. The molecule has 0 aliphatic carbocycles. The first kappa shape index (κ1) is 58.3. The first-order valence-electron chi connectivity index (χ1n) is 25.0. The summed E-state index contributed by atoms with van der Waals surface area (Å²) in [6, 6.07) is -0.650. The molecule has 0 bridgehead atoms. The van der Waals surface area contributed by atoms with Crippen LogP contribution in [0.5, 0.6) is 0 Å². The molecule has 4 heteroatoms. The molecular weight excluding hydrogens is 759 g/mol. The van der Waals surface area contributed by atoms with Gasteiger partial charge in [0.25, 0.3) is 0 Å². The molecule has 2 unspecified atom stereocenters. The maximum absolute atomic E-state index is 12.4. The van der Waals surface area contributed by atoms with Gasteiger partial charge in [-0.05, 0) is 103 Å². The van der Waals surface area contributed by atoms with Crippen molar-refractivity contribution in [1.29, 1.82) is 0 Å². The number of aliphatic hydroxyl groups is 2. The fraction of sp³-hybridized carbons (Fsp3) is 0.569. The number of hydrogen-bond acceptors (Lipinski definition) is 3. The van der Waals surface area contributed by atoms with Crippen LogP contribution in [0.15, 0.2) is 146 Å². The Morgan fingerprint density at radius 3 is 1.06 bits per heavy atom. The van der Waals surface area contributed by atoms with Crippen molar-refractivity contribution in [3.63, 3.8) is 0 Å². The third-order valence-electron chi connectivity index (χ3n) is 10.3. The van der Waals surface area contributed by atoms with Crippen molar-refractivity contribution in [3.8, 4) is 0 Å². The van der Waals surface area contributed by atoms with Crippen molar-refractivity contribution in [2.45, 2.75) is 206 Å². The summed E-state index contributed by atoms with van der Waals surface area (Å²) in [6.45, 7) is 4.16. The third-order valence-corrected chi connectivity index (χ3v) is 10.3. The van der Waals surface area contributed by atoms with Gasteiger partial charge in [0.1, 0.15) is 0 Å². The fourth-order valence-electron chi connectivity index (χ4n) is 6.53. The number of allylic oxidation sites excluding steroid dienone is 23. The van der Waals surface area contributed by atoms with Crippen LogP contribution in [0, 0.1) is 0 Å². The summed E-state index contributed by atoms with van der Waals surface area (Å²) in [7, 11) is 0. The summed E-state index contributed by atoms with van der Waals surface area (Å²) in [6.07, 6.45) is 82.6. The minimum atomic E-state index is -0.863.